The largest absolute Gasteiger partial charge is 0.371 e. The van der Waals surface area contributed by atoms with Crippen LogP contribution in [-0.2, 0) is 0 Å². The van der Waals surface area contributed by atoms with Gasteiger partial charge in [0.1, 0.15) is 0 Å². The van der Waals surface area contributed by atoms with Crippen LogP contribution in [0.15, 0.2) is 37.2 Å². The first-order valence-electron chi connectivity index (χ1n) is 5.89. The summed E-state index contributed by atoms with van der Waals surface area (Å²) >= 11 is 0. The number of anilines is 1. The number of pyridine rings is 1. The van der Waals surface area contributed by atoms with Crippen LogP contribution in [0.1, 0.15) is 12.8 Å². The van der Waals surface area contributed by atoms with Crippen LogP contribution < -0.4 is 10.2 Å². The molecule has 0 aromatic carbocycles. The number of nitrogens with one attached hydrogen (secondary N) is 1. The minimum atomic E-state index is 0.649. The number of hydrogen-bond acceptors (Lipinski definition) is 3. The van der Waals surface area contributed by atoms with Crippen LogP contribution in [0.25, 0.3) is 0 Å². The van der Waals surface area contributed by atoms with Gasteiger partial charge in [0.15, 0.2) is 0 Å². The minimum absolute atomic E-state index is 0.649. The zero-order valence-electron chi connectivity index (χ0n) is 9.60. The average molecular weight is 217 g/mol. The van der Waals surface area contributed by atoms with Crippen molar-refractivity contribution in [2.75, 3.05) is 24.5 Å². The summed E-state index contributed by atoms with van der Waals surface area (Å²) < 4.78 is 0. The predicted octanol–water partition coefficient (Wildman–Crippen LogP) is 1.83. The summed E-state index contributed by atoms with van der Waals surface area (Å²) in [4.78, 5) is 6.47. The number of aromatic nitrogens is 1. The Bertz CT molecular complexity index is 315. The normalized spacial score (nSPS) is 17.4. The smallest absolute Gasteiger partial charge is 0.0397 e. The molecule has 2 heterocycles. The lowest BCUT2D eigenvalue weighted by Crippen LogP contribution is -2.42. The van der Waals surface area contributed by atoms with Gasteiger partial charge in [0.2, 0.25) is 0 Å². The molecule has 1 aliphatic heterocycles. The van der Waals surface area contributed by atoms with Gasteiger partial charge in [0.05, 0.1) is 0 Å². The molecule has 3 heteroatoms. The van der Waals surface area contributed by atoms with Gasteiger partial charge in [-0.25, -0.2) is 0 Å². The van der Waals surface area contributed by atoms with E-state index in [0.29, 0.717) is 6.04 Å². The number of hydrogen-bond donors (Lipinski definition) is 1. The van der Waals surface area contributed by atoms with E-state index in [4.69, 9.17) is 0 Å². The second kappa shape index (κ2) is 5.66. The maximum atomic E-state index is 4.05. The molecule has 1 fully saturated rings. The molecule has 1 aromatic heterocycles. The highest BCUT2D eigenvalue weighted by molar-refractivity contribution is 5.44. The number of rotatable bonds is 4. The third-order valence-corrected chi connectivity index (χ3v) is 3.07. The summed E-state index contributed by atoms with van der Waals surface area (Å²) in [5, 5.41) is 3.49. The maximum absolute atomic E-state index is 4.05. The van der Waals surface area contributed by atoms with E-state index in [0.717, 1.165) is 19.6 Å². The molecule has 0 aliphatic carbocycles. The molecule has 0 spiro atoms. The quantitative estimate of drug-likeness (QED) is 0.780. The fourth-order valence-electron chi connectivity index (χ4n) is 2.15. The van der Waals surface area contributed by atoms with Crippen LogP contribution >= 0.6 is 0 Å². The van der Waals surface area contributed by atoms with Crippen LogP contribution in [0.2, 0.25) is 0 Å². The van der Waals surface area contributed by atoms with Gasteiger partial charge in [-0.1, -0.05) is 6.08 Å². The Balaban J connectivity index is 1.83. The van der Waals surface area contributed by atoms with Gasteiger partial charge in [-0.2, -0.15) is 0 Å². The van der Waals surface area contributed by atoms with Crippen LogP contribution in [-0.4, -0.2) is 30.7 Å². The summed E-state index contributed by atoms with van der Waals surface area (Å²) in [5.41, 5.74) is 1.29. The molecule has 3 nitrogen and oxygen atoms in total. The number of nitrogens with zero attached hydrogens (tertiary/aromatic N) is 2. The van der Waals surface area contributed by atoms with Crippen LogP contribution in [0.3, 0.4) is 0 Å². The second-order valence-electron chi connectivity index (χ2n) is 4.16. The minimum Gasteiger partial charge on any atom is -0.371 e. The second-order valence-corrected chi connectivity index (χ2v) is 4.16. The van der Waals surface area contributed by atoms with Crippen molar-refractivity contribution in [1.82, 2.24) is 10.3 Å². The van der Waals surface area contributed by atoms with E-state index in [-0.39, 0.29) is 0 Å². The van der Waals surface area contributed by atoms with Crippen molar-refractivity contribution < 1.29 is 0 Å². The SMILES string of the molecule is C=CCNC1CCN(c2ccncc2)CC1. The molecule has 0 bridgehead atoms. The summed E-state index contributed by atoms with van der Waals surface area (Å²) in [7, 11) is 0. The predicted molar refractivity (Wildman–Crippen MR) is 67.7 cm³/mol. The molecule has 0 unspecified atom stereocenters. The van der Waals surface area contributed by atoms with Crippen molar-refractivity contribution in [2.24, 2.45) is 0 Å². The van der Waals surface area contributed by atoms with E-state index in [1.807, 2.05) is 18.5 Å². The van der Waals surface area contributed by atoms with Gasteiger partial charge >= 0.3 is 0 Å². The fraction of sp³-hybridized carbons (Fsp3) is 0.462. The van der Waals surface area contributed by atoms with Gasteiger partial charge < -0.3 is 10.2 Å². The lowest BCUT2D eigenvalue weighted by molar-refractivity contribution is 0.430. The van der Waals surface area contributed by atoms with Crippen LogP contribution in [0.4, 0.5) is 5.69 Å². The van der Waals surface area contributed by atoms with Gasteiger partial charge in [0, 0.05) is 43.8 Å². The highest BCUT2D eigenvalue weighted by atomic mass is 15.1. The Labute approximate surface area is 97.2 Å². The highest BCUT2D eigenvalue weighted by Gasteiger charge is 2.18. The van der Waals surface area contributed by atoms with Crippen molar-refractivity contribution in [3.8, 4) is 0 Å². The molecule has 86 valence electrons. The Hall–Kier alpha value is -1.35. The van der Waals surface area contributed by atoms with Crippen molar-refractivity contribution in [3.05, 3.63) is 37.2 Å². The zero-order valence-corrected chi connectivity index (χ0v) is 9.60. The standard InChI is InChI=1S/C13H19N3/c1-2-7-15-12-5-10-16(11-6-12)13-3-8-14-9-4-13/h2-4,8-9,12,15H,1,5-7,10-11H2. The van der Waals surface area contributed by atoms with Gasteiger partial charge in [0.25, 0.3) is 0 Å². The number of piperidine rings is 1. The van der Waals surface area contributed by atoms with Crippen molar-refractivity contribution >= 4 is 5.69 Å². The molecule has 0 atom stereocenters. The van der Waals surface area contributed by atoms with Crippen molar-refractivity contribution in [2.45, 2.75) is 18.9 Å². The van der Waals surface area contributed by atoms with Gasteiger partial charge in [-0.15, -0.1) is 6.58 Å². The molecule has 1 N–H and O–H groups in total. The molecule has 1 aliphatic rings. The molecular formula is C13H19N3. The highest BCUT2D eigenvalue weighted by Crippen LogP contribution is 2.18. The molecule has 1 saturated heterocycles. The van der Waals surface area contributed by atoms with Crippen molar-refractivity contribution in [1.29, 1.82) is 0 Å². The first-order valence-corrected chi connectivity index (χ1v) is 5.89. The lowest BCUT2D eigenvalue weighted by Gasteiger charge is -2.33. The molecule has 1 aromatic rings. The van der Waals surface area contributed by atoms with E-state index >= 15 is 0 Å². The maximum Gasteiger partial charge on any atom is 0.0397 e. The van der Waals surface area contributed by atoms with Crippen LogP contribution in [0.5, 0.6) is 0 Å². The lowest BCUT2D eigenvalue weighted by atomic mass is 10.0. The monoisotopic (exact) mass is 217 g/mol. The summed E-state index contributed by atoms with van der Waals surface area (Å²) in [5.74, 6) is 0. The van der Waals surface area contributed by atoms with E-state index in [1.54, 1.807) is 0 Å². The van der Waals surface area contributed by atoms with Crippen molar-refractivity contribution in [3.63, 3.8) is 0 Å². The zero-order chi connectivity index (χ0) is 11.2. The molecule has 0 radical (unpaired) electrons. The Morgan fingerprint density at radius 2 is 2.06 bits per heavy atom. The molecule has 16 heavy (non-hydrogen) atoms. The van der Waals surface area contributed by atoms with E-state index in [1.165, 1.54) is 18.5 Å². The molecule has 0 amide bonds. The van der Waals surface area contributed by atoms with Gasteiger partial charge in [-0.3, -0.25) is 4.98 Å². The Morgan fingerprint density at radius 1 is 1.38 bits per heavy atom. The Kier molecular flexibility index (Phi) is 3.94. The van der Waals surface area contributed by atoms with Crippen LogP contribution in [0, 0.1) is 0 Å². The Morgan fingerprint density at radius 3 is 2.69 bits per heavy atom. The summed E-state index contributed by atoms with van der Waals surface area (Å²) in [6.07, 6.45) is 8.05. The fourth-order valence-corrected chi connectivity index (χ4v) is 2.15. The first kappa shape index (κ1) is 11.1. The average Bonchev–Trinajstić information content (AvgIpc) is 2.38. The molecule has 2 rings (SSSR count). The third-order valence-electron chi connectivity index (χ3n) is 3.07. The van der Waals surface area contributed by atoms with Gasteiger partial charge in [-0.05, 0) is 25.0 Å². The van der Waals surface area contributed by atoms with E-state index in [2.05, 4.69) is 33.9 Å². The summed E-state index contributed by atoms with van der Waals surface area (Å²) in [6.45, 7) is 6.89. The molecule has 0 saturated carbocycles. The van der Waals surface area contributed by atoms with E-state index < -0.39 is 0 Å². The first-order chi connectivity index (χ1) is 7.90. The summed E-state index contributed by atoms with van der Waals surface area (Å²) in [6, 6.07) is 4.81. The topological polar surface area (TPSA) is 28.2 Å². The third kappa shape index (κ3) is 2.83. The molecular weight excluding hydrogens is 198 g/mol. The van der Waals surface area contributed by atoms with E-state index in [9.17, 15) is 0 Å².